The first-order valence-corrected chi connectivity index (χ1v) is 6.76. The number of carbonyl (C=O) groups excluding carboxylic acids is 1. The Morgan fingerprint density at radius 3 is 2.65 bits per heavy atom. The van der Waals surface area contributed by atoms with Crippen LogP contribution >= 0.6 is 0 Å². The molecule has 1 unspecified atom stereocenters. The fraction of sp³-hybridized carbons (Fsp3) is 0.500. The second kappa shape index (κ2) is 6.00. The van der Waals surface area contributed by atoms with Crippen LogP contribution < -0.4 is 5.73 Å². The standard InChI is InChI=1S/C14H19N3O3/c1-10(12-3-2-4-13(9-12)17(19)20)16-7-5-11(6-8-16)14(15)18/h2-4,9-11H,5-8H2,1H3,(H2,15,18). The van der Waals surface area contributed by atoms with Gasteiger partial charge in [0.15, 0.2) is 0 Å². The van der Waals surface area contributed by atoms with Crippen molar-refractivity contribution in [3.05, 3.63) is 39.9 Å². The van der Waals surface area contributed by atoms with E-state index in [9.17, 15) is 14.9 Å². The highest BCUT2D eigenvalue weighted by molar-refractivity contribution is 5.76. The number of likely N-dealkylation sites (tertiary alicyclic amines) is 1. The zero-order valence-corrected chi connectivity index (χ0v) is 11.5. The van der Waals surface area contributed by atoms with Crippen LogP contribution in [-0.4, -0.2) is 28.8 Å². The van der Waals surface area contributed by atoms with E-state index in [0.717, 1.165) is 31.5 Å². The van der Waals surface area contributed by atoms with E-state index < -0.39 is 0 Å². The molecule has 1 fully saturated rings. The Hall–Kier alpha value is -1.95. The summed E-state index contributed by atoms with van der Waals surface area (Å²) in [5.74, 6) is -0.267. The van der Waals surface area contributed by atoms with Gasteiger partial charge in [-0.15, -0.1) is 0 Å². The lowest BCUT2D eigenvalue weighted by atomic mass is 9.94. The lowest BCUT2D eigenvalue weighted by molar-refractivity contribution is -0.385. The van der Waals surface area contributed by atoms with Gasteiger partial charge in [0.05, 0.1) is 4.92 Å². The van der Waals surface area contributed by atoms with E-state index in [-0.39, 0.29) is 28.5 Å². The molecule has 6 nitrogen and oxygen atoms in total. The number of benzene rings is 1. The van der Waals surface area contributed by atoms with Crippen molar-refractivity contribution >= 4 is 11.6 Å². The Kier molecular flexibility index (Phi) is 4.34. The van der Waals surface area contributed by atoms with Crippen LogP contribution in [0.4, 0.5) is 5.69 Å². The topological polar surface area (TPSA) is 89.5 Å². The maximum Gasteiger partial charge on any atom is 0.269 e. The molecule has 1 aliphatic rings. The molecule has 2 N–H and O–H groups in total. The van der Waals surface area contributed by atoms with Gasteiger partial charge in [-0.25, -0.2) is 0 Å². The van der Waals surface area contributed by atoms with Crippen molar-refractivity contribution in [2.24, 2.45) is 11.7 Å². The third kappa shape index (κ3) is 3.14. The van der Waals surface area contributed by atoms with Gasteiger partial charge in [0.25, 0.3) is 5.69 Å². The molecule has 0 aliphatic carbocycles. The number of amides is 1. The summed E-state index contributed by atoms with van der Waals surface area (Å²) in [6.45, 7) is 3.61. The number of primary amides is 1. The van der Waals surface area contributed by atoms with E-state index in [1.54, 1.807) is 12.1 Å². The molecule has 1 amide bonds. The highest BCUT2D eigenvalue weighted by Gasteiger charge is 2.26. The predicted octanol–water partition coefficient (Wildman–Crippen LogP) is 1.85. The van der Waals surface area contributed by atoms with Crippen LogP contribution in [0.3, 0.4) is 0 Å². The van der Waals surface area contributed by atoms with Crippen LogP contribution in [0.1, 0.15) is 31.4 Å². The summed E-state index contributed by atoms with van der Waals surface area (Å²) in [4.78, 5) is 23.8. The van der Waals surface area contributed by atoms with Gasteiger partial charge in [0, 0.05) is 24.1 Å². The molecule has 0 bridgehead atoms. The van der Waals surface area contributed by atoms with Crippen molar-refractivity contribution in [1.82, 2.24) is 4.90 Å². The number of nitrogens with two attached hydrogens (primary N) is 1. The number of rotatable bonds is 4. The first-order chi connectivity index (χ1) is 9.49. The van der Waals surface area contributed by atoms with E-state index in [0.29, 0.717) is 0 Å². The van der Waals surface area contributed by atoms with Crippen LogP contribution in [0.25, 0.3) is 0 Å². The number of hydrogen-bond donors (Lipinski definition) is 1. The molecule has 20 heavy (non-hydrogen) atoms. The van der Waals surface area contributed by atoms with Crippen LogP contribution in [0.5, 0.6) is 0 Å². The fourth-order valence-corrected chi connectivity index (χ4v) is 2.68. The van der Waals surface area contributed by atoms with Crippen molar-refractivity contribution in [2.45, 2.75) is 25.8 Å². The summed E-state index contributed by atoms with van der Waals surface area (Å²) >= 11 is 0. The lowest BCUT2D eigenvalue weighted by Crippen LogP contribution is -2.39. The van der Waals surface area contributed by atoms with Crippen LogP contribution in [0, 0.1) is 16.0 Å². The summed E-state index contributed by atoms with van der Waals surface area (Å²) in [5, 5.41) is 10.8. The summed E-state index contributed by atoms with van der Waals surface area (Å²) < 4.78 is 0. The maximum absolute atomic E-state index is 11.1. The first kappa shape index (κ1) is 14.5. The Morgan fingerprint density at radius 2 is 2.10 bits per heavy atom. The number of piperidine rings is 1. The van der Waals surface area contributed by atoms with Gasteiger partial charge >= 0.3 is 0 Å². The zero-order chi connectivity index (χ0) is 14.7. The third-order valence-electron chi connectivity index (χ3n) is 4.04. The molecule has 1 heterocycles. The Balaban J connectivity index is 2.05. The fourth-order valence-electron chi connectivity index (χ4n) is 2.68. The molecule has 1 aliphatic heterocycles. The molecule has 108 valence electrons. The molecule has 1 aromatic carbocycles. The summed E-state index contributed by atoms with van der Waals surface area (Å²) in [5.41, 5.74) is 6.36. The van der Waals surface area contributed by atoms with Crippen LogP contribution in [-0.2, 0) is 4.79 Å². The molecular formula is C14H19N3O3. The summed E-state index contributed by atoms with van der Waals surface area (Å²) in [7, 11) is 0. The van der Waals surface area contributed by atoms with Gasteiger partial charge in [-0.3, -0.25) is 19.8 Å². The summed E-state index contributed by atoms with van der Waals surface area (Å²) in [6, 6.07) is 6.82. The number of carbonyl (C=O) groups is 1. The second-order valence-electron chi connectivity index (χ2n) is 5.24. The third-order valence-corrected chi connectivity index (χ3v) is 4.04. The van der Waals surface area contributed by atoms with E-state index >= 15 is 0 Å². The van der Waals surface area contributed by atoms with Gasteiger partial charge in [0.1, 0.15) is 0 Å². The summed E-state index contributed by atoms with van der Waals surface area (Å²) in [6.07, 6.45) is 1.52. The zero-order valence-electron chi connectivity index (χ0n) is 11.5. The van der Waals surface area contributed by atoms with Gasteiger partial charge in [-0.05, 0) is 38.4 Å². The van der Waals surface area contributed by atoms with Gasteiger partial charge in [0.2, 0.25) is 5.91 Å². The molecule has 1 atom stereocenters. The number of hydrogen-bond acceptors (Lipinski definition) is 4. The quantitative estimate of drug-likeness (QED) is 0.671. The van der Waals surface area contributed by atoms with E-state index in [4.69, 9.17) is 5.73 Å². The first-order valence-electron chi connectivity index (χ1n) is 6.76. The molecule has 1 saturated heterocycles. The van der Waals surface area contributed by atoms with Gasteiger partial charge in [-0.2, -0.15) is 0 Å². The number of non-ortho nitro benzene ring substituents is 1. The van der Waals surface area contributed by atoms with Crippen LogP contribution in [0.15, 0.2) is 24.3 Å². The lowest BCUT2D eigenvalue weighted by Gasteiger charge is -2.35. The molecule has 0 radical (unpaired) electrons. The van der Waals surface area contributed by atoms with Gasteiger partial charge in [-0.1, -0.05) is 12.1 Å². The molecule has 6 heteroatoms. The van der Waals surface area contributed by atoms with E-state index in [1.165, 1.54) is 6.07 Å². The van der Waals surface area contributed by atoms with Crippen molar-refractivity contribution in [3.8, 4) is 0 Å². The minimum Gasteiger partial charge on any atom is -0.369 e. The average molecular weight is 277 g/mol. The minimum absolute atomic E-state index is 0.0384. The minimum atomic E-state index is -0.379. The highest BCUT2D eigenvalue weighted by Crippen LogP contribution is 2.28. The molecule has 1 aromatic rings. The van der Waals surface area contributed by atoms with Crippen LogP contribution in [0.2, 0.25) is 0 Å². The van der Waals surface area contributed by atoms with E-state index in [2.05, 4.69) is 4.90 Å². The van der Waals surface area contributed by atoms with E-state index in [1.807, 2.05) is 13.0 Å². The average Bonchev–Trinajstić information content (AvgIpc) is 2.46. The highest BCUT2D eigenvalue weighted by atomic mass is 16.6. The SMILES string of the molecule is CC(c1cccc([N+](=O)[O-])c1)N1CCC(C(N)=O)CC1. The van der Waals surface area contributed by atoms with Crippen molar-refractivity contribution in [1.29, 1.82) is 0 Å². The molecule has 0 saturated carbocycles. The largest absolute Gasteiger partial charge is 0.369 e. The number of nitrogens with zero attached hydrogens (tertiary/aromatic N) is 2. The predicted molar refractivity (Wildman–Crippen MR) is 75.0 cm³/mol. The Morgan fingerprint density at radius 1 is 1.45 bits per heavy atom. The second-order valence-corrected chi connectivity index (χ2v) is 5.24. The normalized spacial score (nSPS) is 18.6. The molecule has 0 aromatic heterocycles. The number of nitro groups is 1. The Labute approximate surface area is 117 Å². The van der Waals surface area contributed by atoms with Crippen molar-refractivity contribution < 1.29 is 9.72 Å². The number of nitro benzene ring substituents is 1. The monoisotopic (exact) mass is 277 g/mol. The maximum atomic E-state index is 11.1. The van der Waals surface area contributed by atoms with Crippen molar-refractivity contribution in [2.75, 3.05) is 13.1 Å². The van der Waals surface area contributed by atoms with Gasteiger partial charge < -0.3 is 5.73 Å². The molecule has 0 spiro atoms. The molecular weight excluding hydrogens is 258 g/mol. The van der Waals surface area contributed by atoms with Crippen molar-refractivity contribution in [3.63, 3.8) is 0 Å². The Bertz CT molecular complexity index is 510. The molecule has 2 rings (SSSR count). The smallest absolute Gasteiger partial charge is 0.269 e.